The molecule has 158 valence electrons. The van der Waals surface area contributed by atoms with E-state index in [2.05, 4.69) is 51.9 Å². The Morgan fingerprint density at radius 1 is 0.875 bits per heavy atom. The molecule has 0 spiro atoms. The number of nitrogens with one attached hydrogen (secondary N) is 1. The number of benzene rings is 2. The quantitative estimate of drug-likeness (QED) is 0.375. The van der Waals surface area contributed by atoms with Crippen LogP contribution in [0.3, 0.4) is 0 Å². The predicted octanol–water partition coefficient (Wildman–Crippen LogP) is 4.46. The number of fused-ring (bicyclic) bond motifs is 1. The average molecular weight is 442 g/mol. The molecular weight excluding hydrogens is 422 g/mol. The molecule has 0 unspecified atom stereocenters. The summed E-state index contributed by atoms with van der Waals surface area (Å²) in [6.07, 6.45) is 1.58. The number of thioether (sulfide) groups is 1. The van der Waals surface area contributed by atoms with E-state index in [1.807, 2.05) is 36.4 Å². The van der Waals surface area contributed by atoms with Crippen LogP contribution in [0.25, 0.3) is 28.0 Å². The number of carbonyl (C=O) groups is 1. The Morgan fingerprint density at radius 2 is 1.66 bits per heavy atom. The SMILES string of the molecule is O=C(CSc1nnc2ccc(-c3ccc(-c4ccccc4)cc3)nn12)NCc1ccco1. The Kier molecular flexibility index (Phi) is 5.67. The molecule has 0 aliphatic carbocycles. The number of aromatic nitrogens is 4. The van der Waals surface area contributed by atoms with Crippen LogP contribution in [0.2, 0.25) is 0 Å². The van der Waals surface area contributed by atoms with Gasteiger partial charge in [-0.25, -0.2) is 0 Å². The van der Waals surface area contributed by atoms with Gasteiger partial charge in [-0.2, -0.15) is 9.61 Å². The van der Waals surface area contributed by atoms with E-state index in [1.54, 1.807) is 16.8 Å². The number of carbonyl (C=O) groups excluding carboxylic acids is 1. The van der Waals surface area contributed by atoms with Gasteiger partial charge in [0, 0.05) is 5.56 Å². The Morgan fingerprint density at radius 3 is 2.44 bits per heavy atom. The predicted molar refractivity (Wildman–Crippen MR) is 123 cm³/mol. The maximum atomic E-state index is 12.2. The topological polar surface area (TPSA) is 85.3 Å². The van der Waals surface area contributed by atoms with Gasteiger partial charge in [-0.05, 0) is 35.4 Å². The van der Waals surface area contributed by atoms with Crippen LogP contribution in [-0.4, -0.2) is 31.5 Å². The van der Waals surface area contributed by atoms with Gasteiger partial charge in [-0.15, -0.1) is 10.2 Å². The molecule has 0 saturated carbocycles. The summed E-state index contributed by atoms with van der Waals surface area (Å²) < 4.78 is 6.89. The van der Waals surface area contributed by atoms with Crippen LogP contribution in [0.4, 0.5) is 0 Å². The van der Waals surface area contributed by atoms with E-state index >= 15 is 0 Å². The lowest BCUT2D eigenvalue weighted by molar-refractivity contribution is -0.118. The van der Waals surface area contributed by atoms with Crippen LogP contribution >= 0.6 is 11.8 Å². The Bertz CT molecular complexity index is 1330. The first-order valence-corrected chi connectivity index (χ1v) is 11.0. The third-order valence-corrected chi connectivity index (χ3v) is 5.81. The van der Waals surface area contributed by atoms with Crippen LogP contribution in [0.5, 0.6) is 0 Å². The Balaban J connectivity index is 1.29. The molecule has 1 amide bonds. The molecule has 1 N–H and O–H groups in total. The van der Waals surface area contributed by atoms with Gasteiger partial charge in [-0.3, -0.25) is 4.79 Å². The minimum absolute atomic E-state index is 0.115. The van der Waals surface area contributed by atoms with Gasteiger partial charge < -0.3 is 9.73 Å². The van der Waals surface area contributed by atoms with Crippen molar-refractivity contribution in [3.63, 3.8) is 0 Å². The van der Waals surface area contributed by atoms with Crippen LogP contribution in [0.15, 0.2) is 94.7 Å². The van der Waals surface area contributed by atoms with E-state index in [9.17, 15) is 4.79 Å². The minimum Gasteiger partial charge on any atom is -0.467 e. The van der Waals surface area contributed by atoms with Crippen molar-refractivity contribution in [3.8, 4) is 22.4 Å². The standard InChI is InChI=1S/C24H19N5O2S/c30-23(25-15-20-7-4-14-31-20)16-32-24-27-26-22-13-12-21(28-29(22)24)19-10-8-18(9-11-19)17-5-2-1-3-6-17/h1-14H,15-16H2,(H,25,30). The lowest BCUT2D eigenvalue weighted by atomic mass is 10.0. The van der Waals surface area contributed by atoms with Gasteiger partial charge in [-0.1, -0.05) is 66.4 Å². The maximum absolute atomic E-state index is 12.2. The summed E-state index contributed by atoms with van der Waals surface area (Å²) in [5.41, 5.74) is 4.75. The molecule has 8 heteroatoms. The molecule has 0 atom stereocenters. The Hall–Kier alpha value is -3.91. The van der Waals surface area contributed by atoms with Gasteiger partial charge in [0.05, 0.1) is 24.3 Å². The van der Waals surface area contributed by atoms with Crippen LogP contribution < -0.4 is 5.32 Å². The van der Waals surface area contributed by atoms with Crippen LogP contribution in [0, 0.1) is 0 Å². The van der Waals surface area contributed by atoms with Gasteiger partial charge >= 0.3 is 0 Å². The zero-order chi connectivity index (χ0) is 21.8. The fraction of sp³-hybridized carbons (Fsp3) is 0.0833. The first-order chi connectivity index (χ1) is 15.8. The van der Waals surface area contributed by atoms with Crippen molar-refractivity contribution in [2.75, 3.05) is 5.75 Å². The number of amides is 1. The molecule has 7 nitrogen and oxygen atoms in total. The molecule has 0 aliphatic heterocycles. The molecule has 0 saturated heterocycles. The molecule has 0 bridgehead atoms. The highest BCUT2D eigenvalue weighted by atomic mass is 32.2. The second kappa shape index (κ2) is 9.07. The highest BCUT2D eigenvalue weighted by Crippen LogP contribution is 2.24. The summed E-state index contributed by atoms with van der Waals surface area (Å²) in [5.74, 6) is 0.802. The highest BCUT2D eigenvalue weighted by Gasteiger charge is 2.12. The summed E-state index contributed by atoms with van der Waals surface area (Å²) in [7, 11) is 0. The lowest BCUT2D eigenvalue weighted by Crippen LogP contribution is -2.24. The molecule has 0 radical (unpaired) electrons. The molecule has 3 heterocycles. The zero-order valence-electron chi connectivity index (χ0n) is 17.0. The van der Waals surface area contributed by atoms with Crippen molar-refractivity contribution in [1.29, 1.82) is 0 Å². The number of hydrogen-bond acceptors (Lipinski definition) is 6. The summed E-state index contributed by atoms with van der Waals surface area (Å²) in [6, 6.07) is 25.9. The number of furan rings is 1. The summed E-state index contributed by atoms with van der Waals surface area (Å²) in [4.78, 5) is 12.2. The van der Waals surface area contributed by atoms with Crippen molar-refractivity contribution < 1.29 is 9.21 Å². The first-order valence-electron chi connectivity index (χ1n) is 10.1. The second-order valence-corrected chi connectivity index (χ2v) is 8.00. The molecule has 5 aromatic rings. The highest BCUT2D eigenvalue weighted by molar-refractivity contribution is 7.99. The maximum Gasteiger partial charge on any atom is 0.230 e. The van der Waals surface area contributed by atoms with Crippen molar-refractivity contribution in [2.45, 2.75) is 11.7 Å². The van der Waals surface area contributed by atoms with E-state index in [4.69, 9.17) is 9.52 Å². The fourth-order valence-corrected chi connectivity index (χ4v) is 3.97. The molecule has 2 aromatic carbocycles. The number of rotatable bonds is 7. The van der Waals surface area contributed by atoms with Gasteiger partial charge in [0.1, 0.15) is 5.76 Å². The van der Waals surface area contributed by atoms with Crippen molar-refractivity contribution >= 4 is 23.3 Å². The van der Waals surface area contributed by atoms with E-state index in [0.29, 0.717) is 23.1 Å². The lowest BCUT2D eigenvalue weighted by Gasteiger charge is -2.06. The third-order valence-electron chi connectivity index (χ3n) is 4.89. The average Bonchev–Trinajstić information content (AvgIpc) is 3.52. The van der Waals surface area contributed by atoms with Crippen molar-refractivity contribution in [2.24, 2.45) is 0 Å². The normalized spacial score (nSPS) is 11.0. The number of nitrogens with zero attached hydrogens (tertiary/aromatic N) is 4. The monoisotopic (exact) mass is 441 g/mol. The third kappa shape index (κ3) is 4.40. The second-order valence-electron chi connectivity index (χ2n) is 7.06. The molecular formula is C24H19N5O2S. The minimum atomic E-state index is -0.115. The smallest absolute Gasteiger partial charge is 0.230 e. The largest absolute Gasteiger partial charge is 0.467 e. The van der Waals surface area contributed by atoms with E-state index in [-0.39, 0.29) is 11.7 Å². The summed E-state index contributed by atoms with van der Waals surface area (Å²) in [5, 5.41) is 16.4. The van der Waals surface area contributed by atoms with E-state index in [1.165, 1.54) is 17.3 Å². The van der Waals surface area contributed by atoms with Gasteiger partial charge in [0.2, 0.25) is 11.1 Å². The zero-order valence-corrected chi connectivity index (χ0v) is 17.8. The van der Waals surface area contributed by atoms with Crippen molar-refractivity contribution in [1.82, 2.24) is 25.1 Å². The number of hydrogen-bond donors (Lipinski definition) is 1. The van der Waals surface area contributed by atoms with E-state index < -0.39 is 0 Å². The molecule has 0 fully saturated rings. The molecule has 5 rings (SSSR count). The van der Waals surface area contributed by atoms with Crippen LogP contribution in [-0.2, 0) is 11.3 Å². The first kappa shape index (κ1) is 20.0. The Labute approximate surface area is 188 Å². The fourth-order valence-electron chi connectivity index (χ4n) is 3.26. The summed E-state index contributed by atoms with van der Waals surface area (Å²) in [6.45, 7) is 0.356. The molecule has 3 aromatic heterocycles. The molecule has 32 heavy (non-hydrogen) atoms. The summed E-state index contributed by atoms with van der Waals surface area (Å²) >= 11 is 1.29. The molecule has 0 aliphatic rings. The van der Waals surface area contributed by atoms with Crippen LogP contribution in [0.1, 0.15) is 5.76 Å². The van der Waals surface area contributed by atoms with Crippen molar-refractivity contribution in [3.05, 3.63) is 90.9 Å². The van der Waals surface area contributed by atoms with E-state index in [0.717, 1.165) is 16.8 Å². The van der Waals surface area contributed by atoms with Gasteiger partial charge in [0.25, 0.3) is 0 Å². The van der Waals surface area contributed by atoms with Gasteiger partial charge in [0.15, 0.2) is 5.65 Å².